The highest BCUT2D eigenvalue weighted by Crippen LogP contribution is 2.36. The molecule has 0 bridgehead atoms. The molecule has 3 aromatic rings. The summed E-state index contributed by atoms with van der Waals surface area (Å²) in [7, 11) is -1.23. The van der Waals surface area contributed by atoms with Crippen LogP contribution in [-0.4, -0.2) is 89.2 Å². The van der Waals surface area contributed by atoms with E-state index in [1.54, 1.807) is 19.1 Å². The minimum Gasteiger partial charge on any atom is -0.385 e. The van der Waals surface area contributed by atoms with E-state index in [4.69, 9.17) is 0 Å². The molecule has 2 aromatic heterocycles. The number of halogens is 4. The molecule has 234 valence electrons. The second kappa shape index (κ2) is 12.4. The molecule has 1 unspecified atom stereocenters. The average Bonchev–Trinajstić information content (AvgIpc) is 3.32. The largest absolute Gasteiger partial charge is 0.420 e. The molecular formula is C28H36F4N8O2S. The Morgan fingerprint density at radius 2 is 1.84 bits per heavy atom. The summed E-state index contributed by atoms with van der Waals surface area (Å²) in [5, 5.41) is 6.33. The van der Waals surface area contributed by atoms with Gasteiger partial charge in [-0.3, -0.25) is 0 Å². The number of hydrogen-bond donors (Lipinski definition) is 2. The molecule has 15 heteroatoms. The Labute approximate surface area is 248 Å². The Bertz CT molecular complexity index is 1550. The fourth-order valence-corrected chi connectivity index (χ4v) is 6.59. The number of rotatable bonds is 8. The van der Waals surface area contributed by atoms with Gasteiger partial charge in [-0.25, -0.2) is 32.1 Å². The van der Waals surface area contributed by atoms with E-state index in [1.807, 2.05) is 0 Å². The molecule has 10 nitrogen and oxygen atoms in total. The summed E-state index contributed by atoms with van der Waals surface area (Å²) in [5.74, 6) is 0.183. The minimum atomic E-state index is -4.75. The van der Waals surface area contributed by atoms with Crippen LogP contribution < -0.4 is 10.6 Å². The molecule has 2 aliphatic heterocycles. The third-order valence-electron chi connectivity index (χ3n) is 8.00. The van der Waals surface area contributed by atoms with Crippen molar-refractivity contribution in [2.45, 2.75) is 44.8 Å². The topological polar surface area (TPSA) is 108 Å². The molecule has 2 saturated heterocycles. The highest BCUT2D eigenvalue weighted by atomic mass is 32.2. The van der Waals surface area contributed by atoms with Gasteiger partial charge in [0.25, 0.3) is 0 Å². The van der Waals surface area contributed by atoms with Gasteiger partial charge in [0, 0.05) is 50.3 Å². The molecule has 0 saturated carbocycles. The normalized spacial score (nSPS) is 19.5. The lowest BCUT2D eigenvalue weighted by Gasteiger charge is -2.30. The predicted octanol–water partition coefficient (Wildman–Crippen LogP) is 4.39. The maximum atomic E-state index is 15.3. The number of nitrogens with zero attached hydrogens (tertiary/aromatic N) is 6. The van der Waals surface area contributed by atoms with Crippen molar-refractivity contribution in [2.75, 3.05) is 56.7 Å². The summed E-state index contributed by atoms with van der Waals surface area (Å²) < 4.78 is 83.6. The number of piperidine rings is 2. The second-order valence-corrected chi connectivity index (χ2v) is 13.4. The average molecular weight is 625 g/mol. The standard InChI is InChI=1S/C28H36F4N8O2S/c1-18-35-24(17-40(18)25-7-6-21(13-23(25)29)33-14-19-5-4-10-38(2)16-19)26-22(28(30,31)32)15-34-27(37-26)36-20-8-11-39(12-9-20)43(3,41)42/h6-7,13,15,17,19-20,33H,4-5,8-12,14,16H2,1-3H3,(H,34,36,37). The zero-order valence-electron chi connectivity index (χ0n) is 24.3. The van der Waals surface area contributed by atoms with Gasteiger partial charge in [0.1, 0.15) is 28.6 Å². The maximum absolute atomic E-state index is 15.3. The van der Waals surface area contributed by atoms with Crippen LogP contribution >= 0.6 is 0 Å². The van der Waals surface area contributed by atoms with Crippen molar-refractivity contribution < 1.29 is 26.0 Å². The number of aromatic nitrogens is 4. The SMILES string of the molecule is Cc1nc(-c2nc(NC3CCN(S(C)(=O)=O)CC3)ncc2C(F)(F)F)cn1-c1ccc(NCC2CCCN(C)C2)cc1F. The number of likely N-dealkylation sites (tertiary alicyclic amines) is 1. The molecule has 0 amide bonds. The first kappa shape index (κ1) is 31.1. The van der Waals surface area contributed by atoms with E-state index in [0.717, 1.165) is 38.7 Å². The number of sulfonamides is 1. The first-order chi connectivity index (χ1) is 20.3. The van der Waals surface area contributed by atoms with Crippen LogP contribution in [0.1, 0.15) is 37.1 Å². The quantitative estimate of drug-likeness (QED) is 0.356. The van der Waals surface area contributed by atoms with Crippen LogP contribution in [0.25, 0.3) is 17.1 Å². The van der Waals surface area contributed by atoms with Gasteiger partial charge in [-0.05, 0) is 70.3 Å². The van der Waals surface area contributed by atoms with E-state index < -0.39 is 33.3 Å². The number of nitrogens with one attached hydrogen (secondary N) is 2. The maximum Gasteiger partial charge on any atom is 0.420 e. The Kier molecular flexibility index (Phi) is 8.95. The molecule has 4 heterocycles. The van der Waals surface area contributed by atoms with Gasteiger partial charge in [-0.15, -0.1) is 0 Å². The fraction of sp³-hybridized carbons (Fsp3) is 0.536. The molecular weight excluding hydrogens is 588 g/mol. The smallest absolute Gasteiger partial charge is 0.385 e. The monoisotopic (exact) mass is 624 g/mol. The van der Waals surface area contributed by atoms with E-state index in [0.29, 0.717) is 30.6 Å². The third kappa shape index (κ3) is 7.44. The van der Waals surface area contributed by atoms with Crippen molar-refractivity contribution in [3.63, 3.8) is 0 Å². The molecule has 1 aromatic carbocycles. The van der Waals surface area contributed by atoms with Crippen molar-refractivity contribution in [3.05, 3.63) is 47.8 Å². The lowest BCUT2D eigenvalue weighted by molar-refractivity contribution is -0.137. The molecule has 0 aliphatic carbocycles. The zero-order chi connectivity index (χ0) is 30.9. The van der Waals surface area contributed by atoms with E-state index in [-0.39, 0.29) is 42.3 Å². The molecule has 0 radical (unpaired) electrons. The summed E-state index contributed by atoms with van der Waals surface area (Å²) in [5.41, 5.74) is -0.803. The van der Waals surface area contributed by atoms with Gasteiger partial charge in [0.15, 0.2) is 0 Å². The predicted molar refractivity (Wildman–Crippen MR) is 156 cm³/mol. The molecule has 5 rings (SSSR count). The minimum absolute atomic E-state index is 0.0289. The van der Waals surface area contributed by atoms with Gasteiger partial charge in [0.2, 0.25) is 16.0 Å². The van der Waals surface area contributed by atoms with Crippen LogP contribution in [0.5, 0.6) is 0 Å². The summed E-state index contributed by atoms with van der Waals surface area (Å²) in [6.07, 6.45) is 1.56. The van der Waals surface area contributed by atoms with Gasteiger partial charge in [-0.2, -0.15) is 13.2 Å². The zero-order valence-corrected chi connectivity index (χ0v) is 25.1. The van der Waals surface area contributed by atoms with Gasteiger partial charge in [0.05, 0.1) is 11.9 Å². The van der Waals surface area contributed by atoms with Crippen LogP contribution in [0.2, 0.25) is 0 Å². The Balaban J connectivity index is 1.36. The molecule has 0 spiro atoms. The van der Waals surface area contributed by atoms with Crippen molar-refractivity contribution in [2.24, 2.45) is 5.92 Å². The van der Waals surface area contributed by atoms with E-state index in [2.05, 4.69) is 37.5 Å². The van der Waals surface area contributed by atoms with Gasteiger partial charge in [-0.1, -0.05) is 0 Å². The molecule has 43 heavy (non-hydrogen) atoms. The fourth-order valence-electron chi connectivity index (χ4n) is 5.71. The van der Waals surface area contributed by atoms with Gasteiger partial charge < -0.3 is 20.1 Å². The number of anilines is 2. The number of hydrogen-bond acceptors (Lipinski definition) is 8. The van der Waals surface area contributed by atoms with Crippen LogP contribution in [0.4, 0.5) is 29.2 Å². The number of aryl methyl sites for hydroxylation is 1. The number of benzene rings is 1. The molecule has 2 N–H and O–H groups in total. The summed E-state index contributed by atoms with van der Waals surface area (Å²) in [4.78, 5) is 14.6. The van der Waals surface area contributed by atoms with Gasteiger partial charge >= 0.3 is 6.18 Å². The van der Waals surface area contributed by atoms with Crippen molar-refractivity contribution in [1.29, 1.82) is 0 Å². The van der Waals surface area contributed by atoms with Crippen LogP contribution in [0.3, 0.4) is 0 Å². The summed E-state index contributed by atoms with van der Waals surface area (Å²) in [6, 6.07) is 4.47. The first-order valence-electron chi connectivity index (χ1n) is 14.2. The Morgan fingerprint density at radius 3 is 2.49 bits per heavy atom. The van der Waals surface area contributed by atoms with Crippen molar-refractivity contribution >= 4 is 21.7 Å². The summed E-state index contributed by atoms with van der Waals surface area (Å²) in [6.45, 7) is 4.93. The van der Waals surface area contributed by atoms with Crippen molar-refractivity contribution in [1.82, 2.24) is 28.7 Å². The third-order valence-corrected chi connectivity index (χ3v) is 9.30. The van der Waals surface area contributed by atoms with E-state index in [1.165, 1.54) is 21.1 Å². The number of alkyl halides is 3. The van der Waals surface area contributed by atoms with Crippen LogP contribution in [-0.2, 0) is 16.2 Å². The lowest BCUT2D eigenvalue weighted by Crippen LogP contribution is -2.42. The molecule has 2 aliphatic rings. The number of imidazole rings is 1. The van der Waals surface area contributed by atoms with Crippen molar-refractivity contribution in [3.8, 4) is 17.1 Å². The lowest BCUT2D eigenvalue weighted by atomic mass is 9.98. The molecule has 2 fully saturated rings. The molecule has 1 atom stereocenters. The second-order valence-electron chi connectivity index (χ2n) is 11.4. The van der Waals surface area contributed by atoms with Crippen LogP contribution in [0.15, 0.2) is 30.6 Å². The summed E-state index contributed by atoms with van der Waals surface area (Å²) >= 11 is 0. The van der Waals surface area contributed by atoms with E-state index >= 15 is 4.39 Å². The van der Waals surface area contributed by atoms with Crippen LogP contribution in [0, 0.1) is 18.7 Å². The first-order valence-corrected chi connectivity index (χ1v) is 16.1. The Hall–Kier alpha value is -3.30. The highest BCUT2D eigenvalue weighted by Gasteiger charge is 2.37. The highest BCUT2D eigenvalue weighted by molar-refractivity contribution is 7.88. The van der Waals surface area contributed by atoms with E-state index in [9.17, 15) is 21.6 Å². The Morgan fingerprint density at radius 1 is 1.09 bits per heavy atom.